The van der Waals surface area contributed by atoms with E-state index in [4.69, 9.17) is 21.7 Å². The molecule has 0 saturated heterocycles. The monoisotopic (exact) mass is 186 g/mol. The zero-order valence-corrected chi connectivity index (χ0v) is 6.77. The van der Waals surface area contributed by atoms with Crippen LogP contribution in [0.2, 0.25) is 0 Å². The molecule has 0 spiro atoms. The molecule has 4 nitrogen and oxygen atoms in total. The zero-order valence-electron chi connectivity index (χ0n) is 6.77. The first-order valence-corrected chi connectivity index (χ1v) is 3.59. The van der Waals surface area contributed by atoms with Crippen molar-refractivity contribution in [2.24, 2.45) is 11.5 Å². The minimum absolute atomic E-state index is 0. The number of phenols is 2. The van der Waals surface area contributed by atoms with Crippen LogP contribution in [0, 0.1) is 0 Å². The van der Waals surface area contributed by atoms with Crippen molar-refractivity contribution in [1.82, 2.24) is 0 Å². The second-order valence-electron chi connectivity index (χ2n) is 2.07. The zero-order chi connectivity index (χ0) is 9.40. The van der Waals surface area contributed by atoms with Crippen molar-refractivity contribution in [3.8, 4) is 11.5 Å². The number of benzene rings is 1. The second kappa shape index (κ2) is 8.83. The third-order valence-electron chi connectivity index (χ3n) is 1.05. The lowest BCUT2D eigenvalue weighted by Crippen LogP contribution is -2.11. The Bertz CT molecular complexity index is 194. The maximum atomic E-state index is 8.67. The summed E-state index contributed by atoms with van der Waals surface area (Å²) in [7, 11) is 0. The molecule has 0 aliphatic heterocycles. The fraction of sp³-hybridized carbons (Fsp3) is 0.333. The van der Waals surface area contributed by atoms with Gasteiger partial charge in [0, 0.05) is 13.1 Å². The molecule has 1 rings (SSSR count). The van der Waals surface area contributed by atoms with Crippen LogP contribution in [-0.4, -0.2) is 23.3 Å². The molecule has 1 aromatic carbocycles. The molecule has 0 unspecified atom stereocenters. The normalized spacial score (nSPS) is 7.85. The third kappa shape index (κ3) is 7.11. The lowest BCUT2D eigenvalue weighted by atomic mass is 10.3. The van der Waals surface area contributed by atoms with E-state index in [1.165, 1.54) is 12.1 Å². The summed E-state index contributed by atoms with van der Waals surface area (Å²) in [5, 5.41) is 17.3. The first kappa shape index (κ1) is 14.3. The molecule has 0 atom stereocenters. The first-order chi connectivity index (χ1) is 5.72. The predicted octanol–water partition coefficient (Wildman–Crippen LogP) is 0.638. The van der Waals surface area contributed by atoms with Gasteiger partial charge in [-0.25, -0.2) is 0 Å². The van der Waals surface area contributed by atoms with Crippen LogP contribution in [0.15, 0.2) is 24.3 Å². The fourth-order valence-corrected chi connectivity index (χ4v) is 0.464. The fourth-order valence-electron chi connectivity index (χ4n) is 0.464. The first-order valence-electron chi connectivity index (χ1n) is 3.59. The Morgan fingerprint density at radius 1 is 0.923 bits per heavy atom. The van der Waals surface area contributed by atoms with E-state index in [9.17, 15) is 0 Å². The van der Waals surface area contributed by atoms with Gasteiger partial charge in [0.2, 0.25) is 0 Å². The van der Waals surface area contributed by atoms with Gasteiger partial charge in [-0.2, -0.15) is 0 Å². The Morgan fingerprint density at radius 2 is 1.23 bits per heavy atom. The highest BCUT2D eigenvalue weighted by Gasteiger charge is 1.90. The largest absolute Gasteiger partial charge is 0.504 e. The van der Waals surface area contributed by atoms with Crippen molar-refractivity contribution in [2.45, 2.75) is 7.43 Å². The van der Waals surface area contributed by atoms with Crippen LogP contribution in [0.1, 0.15) is 7.43 Å². The van der Waals surface area contributed by atoms with E-state index in [-0.39, 0.29) is 18.9 Å². The van der Waals surface area contributed by atoms with E-state index >= 15 is 0 Å². The molecule has 6 N–H and O–H groups in total. The molecule has 1 aromatic rings. The molecular weight excluding hydrogens is 168 g/mol. The number of hydrogen-bond donors (Lipinski definition) is 4. The lowest BCUT2D eigenvalue weighted by molar-refractivity contribution is 0.404. The van der Waals surface area contributed by atoms with Gasteiger partial charge in [0.25, 0.3) is 0 Å². The van der Waals surface area contributed by atoms with Gasteiger partial charge in [-0.05, 0) is 12.1 Å². The average Bonchev–Trinajstić information content (AvgIpc) is 2.11. The third-order valence-corrected chi connectivity index (χ3v) is 1.05. The Balaban J connectivity index is 0. The van der Waals surface area contributed by atoms with Crippen LogP contribution in [0.5, 0.6) is 11.5 Å². The summed E-state index contributed by atoms with van der Waals surface area (Å²) in [6.07, 6.45) is 0. The SMILES string of the molecule is C.NCCN.Oc1ccccc1O. The summed E-state index contributed by atoms with van der Waals surface area (Å²) in [6, 6.07) is 6.15. The number of phenolic OH excluding ortho intramolecular Hbond substituents is 2. The summed E-state index contributed by atoms with van der Waals surface area (Å²) >= 11 is 0. The van der Waals surface area contributed by atoms with E-state index in [1.807, 2.05) is 0 Å². The van der Waals surface area contributed by atoms with E-state index in [0.29, 0.717) is 13.1 Å². The van der Waals surface area contributed by atoms with Gasteiger partial charge < -0.3 is 21.7 Å². The molecular formula is C9H18N2O2. The van der Waals surface area contributed by atoms with Crippen LogP contribution in [-0.2, 0) is 0 Å². The quantitative estimate of drug-likeness (QED) is 0.484. The summed E-state index contributed by atoms with van der Waals surface area (Å²) in [6.45, 7) is 1.19. The van der Waals surface area contributed by atoms with Gasteiger partial charge in [0.1, 0.15) is 0 Å². The molecule has 0 saturated carbocycles. The molecule has 0 fully saturated rings. The standard InChI is InChI=1S/C6H6O2.C2H8N2.CH4/c7-5-3-1-2-4-6(5)8;3-1-2-4;/h1-4,7-8H;1-4H2;1H4. The van der Waals surface area contributed by atoms with Crippen molar-refractivity contribution in [3.63, 3.8) is 0 Å². The van der Waals surface area contributed by atoms with Crippen LogP contribution < -0.4 is 11.5 Å². The summed E-state index contributed by atoms with van der Waals surface area (Å²) < 4.78 is 0. The maximum absolute atomic E-state index is 8.67. The van der Waals surface area contributed by atoms with Crippen LogP contribution in [0.4, 0.5) is 0 Å². The lowest BCUT2D eigenvalue weighted by Gasteiger charge is -1.91. The number of hydrogen-bond acceptors (Lipinski definition) is 4. The van der Waals surface area contributed by atoms with Gasteiger partial charge in [0.05, 0.1) is 0 Å². The van der Waals surface area contributed by atoms with Crippen LogP contribution in [0.3, 0.4) is 0 Å². The highest BCUT2D eigenvalue weighted by molar-refractivity contribution is 5.36. The molecule has 0 aromatic heterocycles. The van der Waals surface area contributed by atoms with Crippen molar-refractivity contribution in [2.75, 3.05) is 13.1 Å². The predicted molar refractivity (Wildman–Crippen MR) is 54.6 cm³/mol. The smallest absolute Gasteiger partial charge is 0.157 e. The summed E-state index contributed by atoms with van der Waals surface area (Å²) in [5.41, 5.74) is 9.81. The van der Waals surface area contributed by atoms with E-state index < -0.39 is 0 Å². The maximum Gasteiger partial charge on any atom is 0.157 e. The minimum atomic E-state index is -0.0764. The van der Waals surface area contributed by atoms with Gasteiger partial charge >= 0.3 is 0 Å². The molecule has 4 heteroatoms. The van der Waals surface area contributed by atoms with Crippen molar-refractivity contribution >= 4 is 0 Å². The van der Waals surface area contributed by atoms with E-state index in [0.717, 1.165) is 0 Å². The molecule has 0 aliphatic rings. The van der Waals surface area contributed by atoms with Gasteiger partial charge in [-0.15, -0.1) is 0 Å². The highest BCUT2D eigenvalue weighted by atomic mass is 16.3. The van der Waals surface area contributed by atoms with E-state index in [1.54, 1.807) is 12.1 Å². The number of aromatic hydroxyl groups is 2. The Kier molecular flexibility index (Phi) is 9.70. The number of rotatable bonds is 1. The molecule has 0 bridgehead atoms. The minimum Gasteiger partial charge on any atom is -0.504 e. The van der Waals surface area contributed by atoms with Gasteiger partial charge in [0.15, 0.2) is 11.5 Å². The molecule has 13 heavy (non-hydrogen) atoms. The topological polar surface area (TPSA) is 92.5 Å². The van der Waals surface area contributed by atoms with Gasteiger partial charge in [-0.3, -0.25) is 0 Å². The molecule has 76 valence electrons. The molecule has 0 heterocycles. The Hall–Kier alpha value is -1.26. The summed E-state index contributed by atoms with van der Waals surface area (Å²) in [5.74, 6) is -0.153. The molecule has 0 aliphatic carbocycles. The van der Waals surface area contributed by atoms with E-state index in [2.05, 4.69) is 0 Å². The van der Waals surface area contributed by atoms with Crippen molar-refractivity contribution in [3.05, 3.63) is 24.3 Å². The number of para-hydroxylation sites is 2. The second-order valence-corrected chi connectivity index (χ2v) is 2.07. The summed E-state index contributed by atoms with van der Waals surface area (Å²) in [4.78, 5) is 0. The van der Waals surface area contributed by atoms with Gasteiger partial charge in [-0.1, -0.05) is 19.6 Å². The Labute approximate surface area is 78.8 Å². The molecule has 0 radical (unpaired) electrons. The van der Waals surface area contributed by atoms with Crippen LogP contribution >= 0.6 is 0 Å². The number of nitrogens with two attached hydrogens (primary N) is 2. The molecule has 0 amide bonds. The van der Waals surface area contributed by atoms with Crippen LogP contribution in [0.25, 0.3) is 0 Å². The van der Waals surface area contributed by atoms with Crippen molar-refractivity contribution < 1.29 is 10.2 Å². The highest BCUT2D eigenvalue weighted by Crippen LogP contribution is 2.21. The average molecular weight is 186 g/mol. The Morgan fingerprint density at radius 3 is 1.38 bits per heavy atom. The van der Waals surface area contributed by atoms with Crippen molar-refractivity contribution in [1.29, 1.82) is 0 Å².